The quantitative estimate of drug-likeness (QED) is 0.791. The lowest BCUT2D eigenvalue weighted by Crippen LogP contribution is -2.41. The highest BCUT2D eigenvalue weighted by Crippen LogP contribution is 2.30. The molecule has 1 aliphatic rings. The molecule has 0 unspecified atom stereocenters. The van der Waals surface area contributed by atoms with Crippen LogP contribution in [0.25, 0.3) is 0 Å². The van der Waals surface area contributed by atoms with E-state index in [-0.39, 0.29) is 12.0 Å². The lowest BCUT2D eigenvalue weighted by molar-refractivity contribution is -0.119. The first-order valence-corrected chi connectivity index (χ1v) is 9.10. The van der Waals surface area contributed by atoms with Gasteiger partial charge in [-0.1, -0.05) is 36.1 Å². The molecule has 0 bridgehead atoms. The highest BCUT2D eigenvalue weighted by atomic mass is 32.2. The topological polar surface area (TPSA) is 50.8 Å². The van der Waals surface area contributed by atoms with E-state index in [0.29, 0.717) is 18.9 Å². The van der Waals surface area contributed by atoms with Crippen LogP contribution in [0.15, 0.2) is 24.3 Å². The molecule has 5 nitrogen and oxygen atoms in total. The first-order valence-electron chi connectivity index (χ1n) is 7.70. The number of nitrogens with zero attached hydrogens (tertiary/aromatic N) is 1. The normalized spacial score (nSPS) is 15.8. The first-order chi connectivity index (χ1) is 11.1. The minimum atomic E-state index is -0.173. The molecule has 0 fully saturated rings. The number of nitrogens with one attached hydrogen (secondary N) is 1. The summed E-state index contributed by atoms with van der Waals surface area (Å²) in [5.41, 5.74) is 0. The summed E-state index contributed by atoms with van der Waals surface area (Å²) >= 11 is 6.70. The van der Waals surface area contributed by atoms with E-state index in [9.17, 15) is 4.79 Å². The number of carbonyl (C=O) groups excluding carboxylic acids is 1. The maximum Gasteiger partial charge on any atom is 0.230 e. The SMILES string of the molecule is CCN(CC)C(=S)SCC(=O)NC[C@@H]1COc2ccccc2O1. The van der Waals surface area contributed by atoms with Crippen LogP contribution in [0.3, 0.4) is 0 Å². The van der Waals surface area contributed by atoms with Crippen LogP contribution in [0, 0.1) is 0 Å². The fraction of sp³-hybridized carbons (Fsp3) is 0.500. The smallest absolute Gasteiger partial charge is 0.230 e. The Morgan fingerprint density at radius 1 is 1.35 bits per heavy atom. The van der Waals surface area contributed by atoms with Gasteiger partial charge >= 0.3 is 0 Å². The van der Waals surface area contributed by atoms with Crippen molar-refractivity contribution in [2.75, 3.05) is 32.0 Å². The average molecular weight is 354 g/mol. The number of rotatable bonds is 6. The zero-order chi connectivity index (χ0) is 16.7. The van der Waals surface area contributed by atoms with Crippen LogP contribution in [0.2, 0.25) is 0 Å². The van der Waals surface area contributed by atoms with E-state index in [2.05, 4.69) is 24.1 Å². The molecule has 1 aromatic carbocycles. The predicted molar refractivity (Wildman–Crippen MR) is 97.3 cm³/mol. The molecular weight excluding hydrogens is 332 g/mol. The van der Waals surface area contributed by atoms with E-state index in [0.717, 1.165) is 28.9 Å². The summed E-state index contributed by atoms with van der Waals surface area (Å²) in [5.74, 6) is 1.73. The van der Waals surface area contributed by atoms with Gasteiger partial charge in [-0.05, 0) is 26.0 Å². The van der Waals surface area contributed by atoms with E-state index in [4.69, 9.17) is 21.7 Å². The summed E-state index contributed by atoms with van der Waals surface area (Å²) in [5, 5.41) is 2.87. The Bertz CT molecular complexity index is 550. The average Bonchev–Trinajstić information content (AvgIpc) is 2.59. The minimum absolute atomic E-state index is 0.0491. The van der Waals surface area contributed by atoms with E-state index in [1.54, 1.807) is 0 Å². The summed E-state index contributed by atoms with van der Waals surface area (Å²) in [6.07, 6.45) is -0.173. The van der Waals surface area contributed by atoms with Crippen LogP contribution >= 0.6 is 24.0 Å². The summed E-state index contributed by atoms with van der Waals surface area (Å²) in [6.45, 7) is 6.67. The number of para-hydroxylation sites is 2. The summed E-state index contributed by atoms with van der Waals surface area (Å²) < 4.78 is 12.2. The van der Waals surface area contributed by atoms with Gasteiger partial charge in [0.2, 0.25) is 5.91 Å². The molecule has 1 aromatic rings. The Morgan fingerprint density at radius 3 is 2.74 bits per heavy atom. The van der Waals surface area contributed by atoms with Crippen LogP contribution in [-0.2, 0) is 4.79 Å². The number of carbonyl (C=O) groups is 1. The molecule has 1 atom stereocenters. The Morgan fingerprint density at radius 2 is 2.04 bits per heavy atom. The molecule has 23 heavy (non-hydrogen) atoms. The molecule has 0 aromatic heterocycles. The second-order valence-electron chi connectivity index (χ2n) is 5.03. The lowest BCUT2D eigenvalue weighted by Gasteiger charge is -2.26. The third kappa shape index (κ3) is 5.28. The highest BCUT2D eigenvalue weighted by molar-refractivity contribution is 8.23. The molecule has 7 heteroatoms. The summed E-state index contributed by atoms with van der Waals surface area (Å²) in [4.78, 5) is 14.0. The maximum absolute atomic E-state index is 11.9. The van der Waals surface area contributed by atoms with Gasteiger partial charge in [0.25, 0.3) is 0 Å². The number of amides is 1. The van der Waals surface area contributed by atoms with Crippen molar-refractivity contribution in [3.63, 3.8) is 0 Å². The molecule has 0 radical (unpaired) electrons. The van der Waals surface area contributed by atoms with Gasteiger partial charge < -0.3 is 19.7 Å². The summed E-state index contributed by atoms with van der Waals surface area (Å²) in [7, 11) is 0. The van der Waals surface area contributed by atoms with Crippen molar-refractivity contribution in [2.24, 2.45) is 0 Å². The molecule has 1 heterocycles. The summed E-state index contributed by atoms with van der Waals surface area (Å²) in [6, 6.07) is 7.53. The van der Waals surface area contributed by atoms with Crippen molar-refractivity contribution in [3.8, 4) is 11.5 Å². The predicted octanol–water partition coefficient (Wildman–Crippen LogP) is 2.30. The molecule has 1 N–H and O–H groups in total. The van der Waals surface area contributed by atoms with E-state index in [1.165, 1.54) is 11.8 Å². The molecule has 0 saturated heterocycles. The van der Waals surface area contributed by atoms with Crippen molar-refractivity contribution in [2.45, 2.75) is 20.0 Å². The molecule has 0 spiro atoms. The third-order valence-electron chi connectivity index (χ3n) is 3.44. The molecular formula is C16H22N2O3S2. The van der Waals surface area contributed by atoms with Gasteiger partial charge in [-0.2, -0.15) is 0 Å². The van der Waals surface area contributed by atoms with Crippen LogP contribution in [0.1, 0.15) is 13.8 Å². The Labute approximate surface area is 146 Å². The number of thiocarbonyl (C=S) groups is 1. The molecule has 0 aliphatic carbocycles. The van der Waals surface area contributed by atoms with Crippen LogP contribution < -0.4 is 14.8 Å². The molecule has 1 amide bonds. The number of benzene rings is 1. The highest BCUT2D eigenvalue weighted by Gasteiger charge is 2.21. The van der Waals surface area contributed by atoms with Crippen molar-refractivity contribution in [3.05, 3.63) is 24.3 Å². The number of thioether (sulfide) groups is 1. The minimum Gasteiger partial charge on any atom is -0.486 e. The zero-order valence-electron chi connectivity index (χ0n) is 13.4. The molecule has 126 valence electrons. The third-order valence-corrected chi connectivity index (χ3v) is 4.97. The van der Waals surface area contributed by atoms with Gasteiger partial charge in [0.15, 0.2) is 11.5 Å². The standard InChI is InChI=1S/C16H22N2O3S2/c1-3-18(4-2)16(22)23-11-15(19)17-9-12-10-20-13-7-5-6-8-14(13)21-12/h5-8,12H,3-4,9-11H2,1-2H3,(H,17,19)/t12-/m1/s1. The first kappa shape index (κ1) is 17.9. The van der Waals surface area contributed by atoms with E-state index in [1.807, 2.05) is 24.3 Å². The van der Waals surface area contributed by atoms with Crippen LogP contribution in [0.4, 0.5) is 0 Å². The number of ether oxygens (including phenoxy) is 2. The molecule has 1 aliphatic heterocycles. The fourth-order valence-electron chi connectivity index (χ4n) is 2.14. The van der Waals surface area contributed by atoms with Crippen LogP contribution in [-0.4, -0.2) is 53.2 Å². The van der Waals surface area contributed by atoms with Crippen molar-refractivity contribution >= 4 is 34.2 Å². The number of hydrogen-bond acceptors (Lipinski definition) is 5. The fourth-order valence-corrected chi connectivity index (χ4v) is 3.38. The second-order valence-corrected chi connectivity index (χ2v) is 6.64. The van der Waals surface area contributed by atoms with Gasteiger partial charge in [-0.3, -0.25) is 4.79 Å². The Kier molecular flexibility index (Phi) is 6.98. The van der Waals surface area contributed by atoms with E-state index < -0.39 is 0 Å². The zero-order valence-corrected chi connectivity index (χ0v) is 15.0. The number of hydrogen-bond donors (Lipinski definition) is 1. The van der Waals surface area contributed by atoms with Crippen molar-refractivity contribution in [1.29, 1.82) is 0 Å². The van der Waals surface area contributed by atoms with Gasteiger partial charge in [0.05, 0.1) is 12.3 Å². The van der Waals surface area contributed by atoms with E-state index >= 15 is 0 Å². The van der Waals surface area contributed by atoms with Crippen molar-refractivity contribution < 1.29 is 14.3 Å². The van der Waals surface area contributed by atoms with Crippen molar-refractivity contribution in [1.82, 2.24) is 10.2 Å². The Hall–Kier alpha value is -1.47. The maximum atomic E-state index is 11.9. The number of fused-ring (bicyclic) bond motifs is 1. The van der Waals surface area contributed by atoms with Gasteiger partial charge in [-0.15, -0.1) is 0 Å². The Balaban J connectivity index is 1.70. The monoisotopic (exact) mass is 354 g/mol. The molecule has 2 rings (SSSR count). The lowest BCUT2D eigenvalue weighted by atomic mass is 10.2. The van der Waals surface area contributed by atoms with Gasteiger partial charge in [-0.25, -0.2) is 0 Å². The second kappa shape index (κ2) is 8.98. The molecule has 0 saturated carbocycles. The van der Waals surface area contributed by atoms with Gasteiger partial charge in [0.1, 0.15) is 17.0 Å². The van der Waals surface area contributed by atoms with Crippen LogP contribution in [0.5, 0.6) is 11.5 Å². The van der Waals surface area contributed by atoms with Gasteiger partial charge in [0, 0.05) is 13.1 Å². The largest absolute Gasteiger partial charge is 0.486 e.